The maximum absolute atomic E-state index is 11.6. The van der Waals surface area contributed by atoms with Crippen molar-refractivity contribution in [2.75, 3.05) is 11.9 Å². The van der Waals surface area contributed by atoms with E-state index in [1.54, 1.807) is 12.3 Å². The van der Waals surface area contributed by atoms with Gasteiger partial charge in [0.05, 0.1) is 10.7 Å². The summed E-state index contributed by atoms with van der Waals surface area (Å²) in [4.78, 5) is 16.0. The maximum atomic E-state index is 11.6. The zero-order valence-electron chi connectivity index (χ0n) is 14.1. The van der Waals surface area contributed by atoms with E-state index in [9.17, 15) is 4.79 Å². The highest BCUT2D eigenvalue weighted by molar-refractivity contribution is 6.30. The van der Waals surface area contributed by atoms with Gasteiger partial charge in [-0.1, -0.05) is 25.4 Å². The van der Waals surface area contributed by atoms with E-state index < -0.39 is 0 Å². The number of hydrogen-bond acceptors (Lipinski definition) is 4. The Kier molecular flexibility index (Phi) is 6.45. The van der Waals surface area contributed by atoms with Crippen LogP contribution in [0.25, 0.3) is 5.65 Å². The molecule has 3 aromatic heterocycles. The van der Waals surface area contributed by atoms with Crippen LogP contribution < -0.4 is 11.0 Å². The highest BCUT2D eigenvalue weighted by Gasteiger charge is 2.08. The average Bonchev–Trinajstić information content (AvgIpc) is 2.93. The topological polar surface area (TPSA) is 75.1 Å². The molecule has 0 atom stereocenters. The normalized spacial score (nSPS) is 10.9. The Morgan fingerprint density at radius 1 is 1.36 bits per heavy atom. The molecule has 0 spiro atoms. The molecule has 0 saturated carbocycles. The van der Waals surface area contributed by atoms with Crippen LogP contribution in [0.4, 0.5) is 5.69 Å². The standard InChI is InChI=1S/C17H20ClN5O.ClH/c1-11(2)14-8-12(5-7-20-14)4-3-6-19-15-9-13(18)10-23-16(15)21-22-17(23)24;/h5,7-11,19H,3-4,6H2,1-2H3,(H,22,24);1H. The Balaban J connectivity index is 0.00000225. The number of anilines is 1. The van der Waals surface area contributed by atoms with Crippen LogP contribution in [0.2, 0.25) is 5.02 Å². The molecule has 3 rings (SSSR count). The number of H-pyrrole nitrogens is 1. The van der Waals surface area contributed by atoms with Gasteiger partial charge in [-0.3, -0.25) is 4.98 Å². The molecular weight excluding hydrogens is 361 g/mol. The van der Waals surface area contributed by atoms with Crippen LogP contribution in [0.3, 0.4) is 0 Å². The Morgan fingerprint density at radius 2 is 2.16 bits per heavy atom. The van der Waals surface area contributed by atoms with E-state index in [-0.39, 0.29) is 18.1 Å². The van der Waals surface area contributed by atoms with Gasteiger partial charge in [0.2, 0.25) is 0 Å². The van der Waals surface area contributed by atoms with E-state index in [4.69, 9.17) is 11.6 Å². The second-order valence-corrected chi connectivity index (χ2v) is 6.50. The van der Waals surface area contributed by atoms with Gasteiger partial charge in [-0.15, -0.1) is 12.4 Å². The minimum Gasteiger partial charge on any atom is -0.382 e. The van der Waals surface area contributed by atoms with Crippen LogP contribution in [-0.4, -0.2) is 26.1 Å². The van der Waals surface area contributed by atoms with Crippen molar-refractivity contribution in [3.8, 4) is 0 Å². The third-order valence-corrected chi connectivity index (χ3v) is 4.08. The van der Waals surface area contributed by atoms with E-state index in [1.165, 1.54) is 9.96 Å². The molecular formula is C17H21Cl2N5O. The lowest BCUT2D eigenvalue weighted by molar-refractivity contribution is 0.806. The Labute approximate surface area is 157 Å². The van der Waals surface area contributed by atoms with Crippen LogP contribution in [0.5, 0.6) is 0 Å². The van der Waals surface area contributed by atoms with Gasteiger partial charge in [-0.05, 0) is 42.5 Å². The molecule has 0 amide bonds. The van der Waals surface area contributed by atoms with Crippen molar-refractivity contribution < 1.29 is 0 Å². The number of aromatic nitrogens is 4. The Bertz CT molecular complexity index is 903. The first-order valence-electron chi connectivity index (χ1n) is 7.99. The van der Waals surface area contributed by atoms with Gasteiger partial charge in [-0.25, -0.2) is 14.3 Å². The van der Waals surface area contributed by atoms with Crippen molar-refractivity contribution in [3.05, 3.63) is 57.4 Å². The van der Waals surface area contributed by atoms with Crippen LogP contribution >= 0.6 is 24.0 Å². The quantitative estimate of drug-likeness (QED) is 0.638. The summed E-state index contributed by atoms with van der Waals surface area (Å²) in [6, 6.07) is 5.99. The minimum atomic E-state index is -0.298. The fourth-order valence-electron chi connectivity index (χ4n) is 2.59. The second-order valence-electron chi connectivity index (χ2n) is 6.07. The maximum Gasteiger partial charge on any atom is 0.347 e. The second kappa shape index (κ2) is 8.36. The molecule has 0 saturated heterocycles. The molecule has 3 aromatic rings. The molecule has 25 heavy (non-hydrogen) atoms. The van der Waals surface area contributed by atoms with Crippen LogP contribution in [0.15, 0.2) is 35.4 Å². The van der Waals surface area contributed by atoms with E-state index >= 15 is 0 Å². The first-order valence-corrected chi connectivity index (χ1v) is 8.37. The predicted molar refractivity (Wildman–Crippen MR) is 103 cm³/mol. The molecule has 134 valence electrons. The molecule has 0 aliphatic heterocycles. The van der Waals surface area contributed by atoms with E-state index in [1.807, 2.05) is 6.20 Å². The molecule has 8 heteroatoms. The number of fused-ring (bicyclic) bond motifs is 1. The molecule has 0 unspecified atom stereocenters. The lowest BCUT2D eigenvalue weighted by Gasteiger charge is -2.09. The summed E-state index contributed by atoms with van der Waals surface area (Å²) in [5, 5.41) is 10.2. The van der Waals surface area contributed by atoms with Gasteiger partial charge in [-0.2, -0.15) is 5.10 Å². The first kappa shape index (κ1) is 19.3. The molecule has 3 heterocycles. The van der Waals surface area contributed by atoms with Crippen LogP contribution in [0, 0.1) is 0 Å². The van der Waals surface area contributed by atoms with Crippen molar-refractivity contribution in [3.63, 3.8) is 0 Å². The van der Waals surface area contributed by atoms with Crippen molar-refractivity contribution in [2.45, 2.75) is 32.6 Å². The monoisotopic (exact) mass is 381 g/mol. The van der Waals surface area contributed by atoms with Crippen molar-refractivity contribution in [1.82, 2.24) is 19.6 Å². The highest BCUT2D eigenvalue weighted by Crippen LogP contribution is 2.19. The Hall–Kier alpha value is -2.05. The van der Waals surface area contributed by atoms with Gasteiger partial charge in [0.1, 0.15) is 0 Å². The largest absolute Gasteiger partial charge is 0.382 e. The minimum absolute atomic E-state index is 0. The first-order chi connectivity index (χ1) is 11.5. The number of pyridine rings is 2. The zero-order valence-corrected chi connectivity index (χ0v) is 15.7. The summed E-state index contributed by atoms with van der Waals surface area (Å²) in [6.45, 7) is 5.05. The molecule has 0 aliphatic rings. The van der Waals surface area contributed by atoms with E-state index in [2.05, 4.69) is 46.5 Å². The number of rotatable bonds is 6. The predicted octanol–water partition coefficient (Wildman–Crippen LogP) is 3.66. The molecule has 0 bridgehead atoms. The van der Waals surface area contributed by atoms with Crippen LogP contribution in [0.1, 0.15) is 37.4 Å². The summed E-state index contributed by atoms with van der Waals surface area (Å²) in [6.07, 6.45) is 5.33. The molecule has 2 N–H and O–H groups in total. The fourth-order valence-corrected chi connectivity index (χ4v) is 2.80. The highest BCUT2D eigenvalue weighted by atomic mass is 35.5. The van der Waals surface area contributed by atoms with E-state index in [0.29, 0.717) is 16.6 Å². The number of nitrogens with one attached hydrogen (secondary N) is 2. The molecule has 0 aromatic carbocycles. The van der Waals surface area contributed by atoms with Gasteiger partial charge in [0.15, 0.2) is 5.65 Å². The zero-order chi connectivity index (χ0) is 17.1. The third-order valence-electron chi connectivity index (χ3n) is 3.87. The number of hydrogen-bond donors (Lipinski definition) is 2. The number of aromatic amines is 1. The molecule has 0 radical (unpaired) electrons. The van der Waals surface area contributed by atoms with Crippen molar-refractivity contribution >= 4 is 35.3 Å². The summed E-state index contributed by atoms with van der Waals surface area (Å²) in [7, 11) is 0. The Morgan fingerprint density at radius 3 is 2.92 bits per heavy atom. The smallest absolute Gasteiger partial charge is 0.347 e. The molecule has 0 aliphatic carbocycles. The van der Waals surface area contributed by atoms with Crippen molar-refractivity contribution in [2.24, 2.45) is 0 Å². The van der Waals surface area contributed by atoms with Gasteiger partial charge in [0, 0.05) is 24.6 Å². The van der Waals surface area contributed by atoms with Crippen molar-refractivity contribution in [1.29, 1.82) is 0 Å². The third kappa shape index (κ3) is 4.52. The number of nitrogens with zero attached hydrogens (tertiary/aromatic N) is 3. The van der Waals surface area contributed by atoms with Crippen LogP contribution in [-0.2, 0) is 6.42 Å². The fraction of sp³-hybridized carbons (Fsp3) is 0.353. The lowest BCUT2D eigenvalue weighted by atomic mass is 10.0. The van der Waals surface area contributed by atoms with Gasteiger partial charge < -0.3 is 5.32 Å². The lowest BCUT2D eigenvalue weighted by Crippen LogP contribution is -2.10. The summed E-state index contributed by atoms with van der Waals surface area (Å²) in [5.74, 6) is 0.431. The summed E-state index contributed by atoms with van der Waals surface area (Å²) in [5.41, 5.74) is 3.40. The number of halogens is 2. The molecule has 0 fully saturated rings. The molecule has 6 nitrogen and oxygen atoms in total. The summed E-state index contributed by atoms with van der Waals surface area (Å²) >= 11 is 6.06. The summed E-state index contributed by atoms with van der Waals surface area (Å²) < 4.78 is 1.41. The van der Waals surface area contributed by atoms with E-state index in [0.717, 1.165) is 30.8 Å². The SMILES string of the molecule is CC(C)c1cc(CCCNc2cc(Cl)cn3c(=O)[nH]nc23)ccn1.Cl. The van der Waals surface area contributed by atoms with Gasteiger partial charge >= 0.3 is 5.69 Å². The number of aryl methyl sites for hydroxylation is 1. The average molecular weight is 382 g/mol. The van der Waals surface area contributed by atoms with Gasteiger partial charge in [0.25, 0.3) is 0 Å².